The minimum atomic E-state index is 0.0614. The third-order valence-electron chi connectivity index (χ3n) is 2.43. The molecule has 2 N–H and O–H groups in total. The second-order valence-corrected chi connectivity index (χ2v) is 4.24. The first-order chi connectivity index (χ1) is 8.69. The molecule has 1 heterocycles. The van der Waals surface area contributed by atoms with Crippen molar-refractivity contribution >= 4 is 23.5 Å². The summed E-state index contributed by atoms with van der Waals surface area (Å²) in [4.78, 5) is 23.0. The molecule has 2 rings (SSSR count). The predicted molar refractivity (Wildman–Crippen MR) is 65.6 cm³/mol. The summed E-state index contributed by atoms with van der Waals surface area (Å²) in [6.07, 6.45) is 2.00. The Kier molecular flexibility index (Phi) is 4.14. The van der Waals surface area contributed by atoms with Gasteiger partial charge in [-0.15, -0.1) is 0 Å². The summed E-state index contributed by atoms with van der Waals surface area (Å²) in [7, 11) is 1.45. The van der Waals surface area contributed by atoms with Crippen molar-refractivity contribution in [1.29, 1.82) is 0 Å². The van der Waals surface area contributed by atoms with Crippen molar-refractivity contribution < 1.29 is 9.53 Å². The standard InChI is InChI=1S/C10H14ClN5O2/c1-18-10-15-8(11)14-9(16-10)13-5-4-12-7(17)6-2-3-6/h6H,2-5H2,1H3,(H,12,17)(H,13,14,15,16). The van der Waals surface area contributed by atoms with Gasteiger partial charge in [0.15, 0.2) is 0 Å². The molecule has 1 aliphatic carbocycles. The molecule has 0 aliphatic heterocycles. The fraction of sp³-hybridized carbons (Fsp3) is 0.600. The second kappa shape index (κ2) is 5.81. The van der Waals surface area contributed by atoms with E-state index in [9.17, 15) is 4.79 Å². The van der Waals surface area contributed by atoms with Gasteiger partial charge < -0.3 is 15.4 Å². The maximum Gasteiger partial charge on any atom is 0.322 e. The number of aromatic nitrogens is 3. The van der Waals surface area contributed by atoms with Gasteiger partial charge >= 0.3 is 6.01 Å². The van der Waals surface area contributed by atoms with Gasteiger partial charge in [0.05, 0.1) is 7.11 Å². The van der Waals surface area contributed by atoms with Gasteiger partial charge in [-0.3, -0.25) is 4.79 Å². The zero-order valence-corrected chi connectivity index (χ0v) is 10.7. The summed E-state index contributed by atoms with van der Waals surface area (Å²) in [5.74, 6) is 0.660. The molecule has 8 heteroatoms. The number of hydrogen-bond acceptors (Lipinski definition) is 6. The van der Waals surface area contributed by atoms with Crippen LogP contribution in [0.15, 0.2) is 0 Å². The third-order valence-corrected chi connectivity index (χ3v) is 2.59. The summed E-state index contributed by atoms with van der Waals surface area (Å²) >= 11 is 5.69. The van der Waals surface area contributed by atoms with Crippen LogP contribution in [-0.2, 0) is 4.79 Å². The zero-order chi connectivity index (χ0) is 13.0. The lowest BCUT2D eigenvalue weighted by Crippen LogP contribution is -2.30. The Hall–Kier alpha value is -1.63. The third kappa shape index (κ3) is 3.69. The quantitative estimate of drug-likeness (QED) is 0.731. The molecule has 7 nitrogen and oxygen atoms in total. The van der Waals surface area contributed by atoms with Crippen molar-refractivity contribution in [2.75, 3.05) is 25.5 Å². The lowest BCUT2D eigenvalue weighted by molar-refractivity contribution is -0.122. The number of carbonyl (C=O) groups is 1. The molecule has 1 aliphatic rings. The highest BCUT2D eigenvalue weighted by Gasteiger charge is 2.28. The van der Waals surface area contributed by atoms with Gasteiger partial charge in [0.1, 0.15) is 0 Å². The van der Waals surface area contributed by atoms with E-state index in [2.05, 4.69) is 25.6 Å². The molecule has 0 atom stereocenters. The largest absolute Gasteiger partial charge is 0.467 e. The van der Waals surface area contributed by atoms with E-state index in [1.54, 1.807) is 0 Å². The van der Waals surface area contributed by atoms with Gasteiger partial charge in [-0.1, -0.05) is 0 Å². The number of halogens is 1. The summed E-state index contributed by atoms with van der Waals surface area (Å²) < 4.78 is 4.86. The van der Waals surface area contributed by atoms with Crippen LogP contribution in [0.4, 0.5) is 5.95 Å². The average Bonchev–Trinajstić information content (AvgIpc) is 3.17. The van der Waals surface area contributed by atoms with Crippen molar-refractivity contribution in [2.45, 2.75) is 12.8 Å². The first-order valence-electron chi connectivity index (χ1n) is 5.66. The van der Waals surface area contributed by atoms with E-state index in [-0.39, 0.29) is 23.1 Å². The van der Waals surface area contributed by atoms with E-state index in [1.165, 1.54) is 7.11 Å². The topological polar surface area (TPSA) is 89.0 Å². The predicted octanol–water partition coefficient (Wildman–Crippen LogP) is 0.472. The van der Waals surface area contributed by atoms with Crippen LogP contribution in [0.3, 0.4) is 0 Å². The van der Waals surface area contributed by atoms with E-state index in [1.807, 2.05) is 0 Å². The number of anilines is 1. The van der Waals surface area contributed by atoms with Crippen LogP contribution in [0.2, 0.25) is 5.28 Å². The monoisotopic (exact) mass is 271 g/mol. The van der Waals surface area contributed by atoms with E-state index < -0.39 is 0 Å². The number of ether oxygens (including phenoxy) is 1. The number of carbonyl (C=O) groups excluding carboxylic acids is 1. The van der Waals surface area contributed by atoms with Gasteiger partial charge in [-0.25, -0.2) is 0 Å². The molecule has 0 radical (unpaired) electrons. The van der Waals surface area contributed by atoms with Gasteiger partial charge in [0.25, 0.3) is 0 Å². The van der Waals surface area contributed by atoms with E-state index in [0.717, 1.165) is 12.8 Å². The number of hydrogen-bond donors (Lipinski definition) is 2. The highest BCUT2D eigenvalue weighted by molar-refractivity contribution is 6.28. The van der Waals surface area contributed by atoms with Crippen LogP contribution in [0.1, 0.15) is 12.8 Å². The molecule has 0 bridgehead atoms. The molecule has 1 aromatic rings. The molecular weight excluding hydrogens is 258 g/mol. The summed E-state index contributed by atoms with van der Waals surface area (Å²) in [5, 5.41) is 5.82. The SMILES string of the molecule is COc1nc(Cl)nc(NCCNC(=O)C2CC2)n1. The number of methoxy groups -OCH3 is 1. The molecule has 0 spiro atoms. The Morgan fingerprint density at radius 3 is 2.83 bits per heavy atom. The fourth-order valence-corrected chi connectivity index (χ4v) is 1.50. The van der Waals surface area contributed by atoms with Gasteiger partial charge in [0, 0.05) is 19.0 Å². The fourth-order valence-electron chi connectivity index (χ4n) is 1.35. The maximum absolute atomic E-state index is 11.3. The molecule has 1 amide bonds. The van der Waals surface area contributed by atoms with Crippen LogP contribution in [0, 0.1) is 5.92 Å². The molecule has 0 aromatic carbocycles. The Morgan fingerprint density at radius 2 is 2.17 bits per heavy atom. The molecule has 0 unspecified atom stereocenters. The first-order valence-corrected chi connectivity index (χ1v) is 6.04. The molecule has 1 fully saturated rings. The number of amides is 1. The van der Waals surface area contributed by atoms with Crippen LogP contribution in [0.5, 0.6) is 6.01 Å². The molecule has 0 saturated heterocycles. The lowest BCUT2D eigenvalue weighted by Gasteiger charge is -2.07. The maximum atomic E-state index is 11.3. The van der Waals surface area contributed by atoms with Crippen molar-refractivity contribution in [2.24, 2.45) is 5.92 Å². The van der Waals surface area contributed by atoms with Gasteiger partial charge in [-0.05, 0) is 24.4 Å². The minimum Gasteiger partial charge on any atom is -0.467 e. The molecule has 1 aromatic heterocycles. The Balaban J connectivity index is 1.75. The van der Waals surface area contributed by atoms with Crippen molar-refractivity contribution in [3.8, 4) is 6.01 Å². The van der Waals surface area contributed by atoms with Gasteiger partial charge in [-0.2, -0.15) is 15.0 Å². The highest BCUT2D eigenvalue weighted by atomic mass is 35.5. The van der Waals surface area contributed by atoms with E-state index >= 15 is 0 Å². The lowest BCUT2D eigenvalue weighted by atomic mass is 10.4. The number of nitrogens with zero attached hydrogens (tertiary/aromatic N) is 3. The Morgan fingerprint density at radius 1 is 1.39 bits per heavy atom. The van der Waals surface area contributed by atoms with Crippen LogP contribution in [-0.4, -0.2) is 41.1 Å². The number of nitrogens with one attached hydrogen (secondary N) is 2. The second-order valence-electron chi connectivity index (χ2n) is 3.91. The summed E-state index contributed by atoms with van der Waals surface area (Å²) in [5.41, 5.74) is 0. The summed E-state index contributed by atoms with van der Waals surface area (Å²) in [6, 6.07) is 0.152. The van der Waals surface area contributed by atoms with Crippen LogP contribution in [0.25, 0.3) is 0 Å². The smallest absolute Gasteiger partial charge is 0.322 e. The molecule has 98 valence electrons. The average molecular weight is 272 g/mol. The van der Waals surface area contributed by atoms with Gasteiger partial charge in [0.2, 0.25) is 17.1 Å². The highest BCUT2D eigenvalue weighted by Crippen LogP contribution is 2.28. The van der Waals surface area contributed by atoms with Crippen molar-refractivity contribution in [3.63, 3.8) is 0 Å². The zero-order valence-electron chi connectivity index (χ0n) is 9.94. The van der Waals surface area contributed by atoms with Crippen molar-refractivity contribution in [3.05, 3.63) is 5.28 Å². The Labute approximate surface area is 109 Å². The van der Waals surface area contributed by atoms with Crippen molar-refractivity contribution in [1.82, 2.24) is 20.3 Å². The van der Waals surface area contributed by atoms with Crippen LogP contribution < -0.4 is 15.4 Å². The normalized spacial score (nSPS) is 14.1. The van der Waals surface area contributed by atoms with E-state index in [0.29, 0.717) is 19.0 Å². The minimum absolute atomic E-state index is 0.0614. The van der Waals surface area contributed by atoms with Crippen LogP contribution >= 0.6 is 11.6 Å². The molecule has 1 saturated carbocycles. The first kappa shape index (κ1) is 12.8. The number of rotatable bonds is 6. The molecular formula is C10H14ClN5O2. The van der Waals surface area contributed by atoms with E-state index in [4.69, 9.17) is 16.3 Å². The molecule has 18 heavy (non-hydrogen) atoms. The Bertz CT molecular complexity index is 438. The summed E-state index contributed by atoms with van der Waals surface area (Å²) in [6.45, 7) is 1.03.